The van der Waals surface area contributed by atoms with E-state index in [0.29, 0.717) is 18.5 Å². The summed E-state index contributed by atoms with van der Waals surface area (Å²) in [5.41, 5.74) is 9.10. The number of nitrogens with two attached hydrogens (primary N) is 1. The molecule has 3 rings (SSSR count). The van der Waals surface area contributed by atoms with Gasteiger partial charge in [-0.2, -0.15) is 5.10 Å². The Kier molecular flexibility index (Phi) is 7.22. The van der Waals surface area contributed by atoms with Crippen molar-refractivity contribution >= 4 is 29.9 Å². The molecule has 0 saturated heterocycles. The van der Waals surface area contributed by atoms with Crippen LogP contribution in [0.5, 0.6) is 0 Å². The van der Waals surface area contributed by atoms with Gasteiger partial charge in [-0.25, -0.2) is 14.7 Å². The topological polar surface area (TPSA) is 81.1 Å². The van der Waals surface area contributed by atoms with Gasteiger partial charge in [0.25, 0.3) is 0 Å². The molecule has 0 spiro atoms. The highest BCUT2D eigenvalue weighted by Gasteiger charge is 2.13. The van der Waals surface area contributed by atoms with Crippen LogP contribution < -0.4 is 11.1 Å². The lowest BCUT2D eigenvalue weighted by atomic mass is 9.96. The molecule has 3 N–H and O–H groups in total. The molecular formula is C18H27IN6. The Morgan fingerprint density at radius 3 is 2.64 bits per heavy atom. The zero-order chi connectivity index (χ0) is 16.9. The van der Waals surface area contributed by atoms with Crippen LogP contribution in [0.2, 0.25) is 0 Å². The van der Waals surface area contributed by atoms with E-state index < -0.39 is 0 Å². The monoisotopic (exact) mass is 454 g/mol. The predicted molar refractivity (Wildman–Crippen MR) is 112 cm³/mol. The molecule has 2 aromatic heterocycles. The lowest BCUT2D eigenvalue weighted by molar-refractivity contribution is 0.412. The Hall–Kier alpha value is -1.64. The zero-order valence-electron chi connectivity index (χ0n) is 14.9. The first-order valence-electron chi connectivity index (χ1n) is 8.67. The Bertz CT molecular complexity index is 701. The van der Waals surface area contributed by atoms with E-state index in [1.807, 2.05) is 42.9 Å². The summed E-state index contributed by atoms with van der Waals surface area (Å²) in [6, 6.07) is 6.51. The number of halogens is 1. The highest BCUT2D eigenvalue weighted by Crippen LogP contribution is 2.17. The molecule has 1 aliphatic carbocycles. The van der Waals surface area contributed by atoms with Gasteiger partial charge in [-0.3, -0.25) is 0 Å². The van der Waals surface area contributed by atoms with Gasteiger partial charge in [0.05, 0.1) is 12.2 Å². The highest BCUT2D eigenvalue weighted by atomic mass is 127. The highest BCUT2D eigenvalue weighted by molar-refractivity contribution is 14.0. The number of hydrogen-bond donors (Lipinski definition) is 2. The molecule has 0 amide bonds. The van der Waals surface area contributed by atoms with Gasteiger partial charge < -0.3 is 11.1 Å². The lowest BCUT2D eigenvalue weighted by Crippen LogP contribution is -2.41. The average Bonchev–Trinajstić information content (AvgIpc) is 2.93. The van der Waals surface area contributed by atoms with Crippen molar-refractivity contribution in [1.82, 2.24) is 20.1 Å². The zero-order valence-corrected chi connectivity index (χ0v) is 17.2. The molecule has 1 aliphatic rings. The fourth-order valence-electron chi connectivity index (χ4n) is 3.17. The third kappa shape index (κ3) is 5.42. The van der Waals surface area contributed by atoms with Crippen LogP contribution in [0.1, 0.15) is 49.1 Å². The number of aromatic nitrogens is 3. The van der Waals surface area contributed by atoms with Gasteiger partial charge in [0, 0.05) is 17.9 Å². The van der Waals surface area contributed by atoms with E-state index in [2.05, 4.69) is 20.4 Å². The maximum absolute atomic E-state index is 6.00. The first-order valence-corrected chi connectivity index (χ1v) is 8.67. The largest absolute Gasteiger partial charge is 0.370 e. The molecule has 0 bridgehead atoms. The molecule has 2 aromatic rings. The summed E-state index contributed by atoms with van der Waals surface area (Å²) in [5, 5.41) is 7.78. The molecule has 2 heterocycles. The maximum atomic E-state index is 6.00. The van der Waals surface area contributed by atoms with Crippen molar-refractivity contribution in [2.75, 3.05) is 0 Å². The number of rotatable bonds is 4. The van der Waals surface area contributed by atoms with E-state index in [4.69, 9.17) is 5.73 Å². The van der Waals surface area contributed by atoms with Crippen LogP contribution in [0.15, 0.2) is 29.4 Å². The van der Waals surface area contributed by atoms with Crippen molar-refractivity contribution in [1.29, 1.82) is 0 Å². The Morgan fingerprint density at radius 2 is 2.04 bits per heavy atom. The van der Waals surface area contributed by atoms with Crippen LogP contribution in [0.3, 0.4) is 0 Å². The van der Waals surface area contributed by atoms with Crippen molar-refractivity contribution < 1.29 is 0 Å². The van der Waals surface area contributed by atoms with Crippen LogP contribution in [-0.2, 0) is 6.54 Å². The molecule has 1 fully saturated rings. The summed E-state index contributed by atoms with van der Waals surface area (Å²) in [7, 11) is 0. The Balaban J connectivity index is 0.00000225. The minimum Gasteiger partial charge on any atom is -0.370 e. The summed E-state index contributed by atoms with van der Waals surface area (Å²) < 4.78 is 1.85. The van der Waals surface area contributed by atoms with Crippen LogP contribution in [0.25, 0.3) is 5.82 Å². The van der Waals surface area contributed by atoms with Crippen molar-refractivity contribution in [2.24, 2.45) is 10.7 Å². The van der Waals surface area contributed by atoms with Gasteiger partial charge in [0.2, 0.25) is 0 Å². The number of hydrogen-bond acceptors (Lipinski definition) is 3. The minimum atomic E-state index is 0. The molecule has 0 atom stereocenters. The molecular weight excluding hydrogens is 427 g/mol. The normalized spacial score (nSPS) is 15.7. The molecule has 0 radical (unpaired) electrons. The quantitative estimate of drug-likeness (QED) is 0.422. The second-order valence-corrected chi connectivity index (χ2v) is 6.54. The SMILES string of the molecule is Cc1cc(C)n(-c2ccc(CN=C(N)NC3CCCCC3)cn2)n1.I. The van der Waals surface area contributed by atoms with E-state index in [1.165, 1.54) is 32.1 Å². The number of nitrogens with zero attached hydrogens (tertiary/aromatic N) is 4. The summed E-state index contributed by atoms with van der Waals surface area (Å²) in [4.78, 5) is 8.92. The summed E-state index contributed by atoms with van der Waals surface area (Å²) in [6.07, 6.45) is 8.11. The molecule has 6 nitrogen and oxygen atoms in total. The molecule has 25 heavy (non-hydrogen) atoms. The number of aliphatic imine (C=N–C) groups is 1. The van der Waals surface area contributed by atoms with Gasteiger partial charge in [-0.1, -0.05) is 25.3 Å². The second kappa shape index (κ2) is 9.17. The van der Waals surface area contributed by atoms with Crippen molar-refractivity contribution in [3.05, 3.63) is 41.3 Å². The van der Waals surface area contributed by atoms with E-state index in [1.54, 1.807) is 0 Å². The van der Waals surface area contributed by atoms with E-state index >= 15 is 0 Å². The molecule has 136 valence electrons. The van der Waals surface area contributed by atoms with Gasteiger partial charge in [-0.05, 0) is 44.4 Å². The lowest BCUT2D eigenvalue weighted by Gasteiger charge is -2.23. The standard InChI is InChI=1S/C18H26N6.HI/c1-13-10-14(2)24(23-13)17-9-8-15(11-20-17)12-21-18(19)22-16-6-4-3-5-7-16;/h8-11,16H,3-7,12H2,1-2H3,(H3,19,21,22);1H. The van der Waals surface area contributed by atoms with Gasteiger partial charge in [0.15, 0.2) is 11.8 Å². The first-order chi connectivity index (χ1) is 11.6. The fourth-order valence-corrected chi connectivity index (χ4v) is 3.17. The third-order valence-corrected chi connectivity index (χ3v) is 4.42. The molecule has 1 saturated carbocycles. The van der Waals surface area contributed by atoms with Crippen molar-refractivity contribution in [3.63, 3.8) is 0 Å². The second-order valence-electron chi connectivity index (χ2n) is 6.54. The van der Waals surface area contributed by atoms with E-state index in [0.717, 1.165) is 22.8 Å². The van der Waals surface area contributed by atoms with Crippen LogP contribution in [0, 0.1) is 13.8 Å². The number of guanidine groups is 1. The number of aryl methyl sites for hydroxylation is 2. The summed E-state index contributed by atoms with van der Waals surface area (Å²) in [6.45, 7) is 4.54. The number of pyridine rings is 1. The minimum absolute atomic E-state index is 0. The van der Waals surface area contributed by atoms with E-state index in [9.17, 15) is 0 Å². The first kappa shape index (κ1) is 19.7. The molecule has 0 aliphatic heterocycles. The Morgan fingerprint density at radius 1 is 1.28 bits per heavy atom. The third-order valence-electron chi connectivity index (χ3n) is 4.42. The fraction of sp³-hybridized carbons (Fsp3) is 0.500. The summed E-state index contributed by atoms with van der Waals surface area (Å²) in [5.74, 6) is 1.35. The molecule has 0 unspecified atom stereocenters. The van der Waals surface area contributed by atoms with Crippen LogP contribution in [-0.4, -0.2) is 26.8 Å². The van der Waals surface area contributed by atoms with E-state index in [-0.39, 0.29) is 24.0 Å². The smallest absolute Gasteiger partial charge is 0.189 e. The summed E-state index contributed by atoms with van der Waals surface area (Å²) >= 11 is 0. The van der Waals surface area contributed by atoms with Gasteiger partial charge in [0.1, 0.15) is 0 Å². The molecule has 0 aromatic carbocycles. The Labute approximate surface area is 166 Å². The van der Waals surface area contributed by atoms with Crippen molar-refractivity contribution in [2.45, 2.75) is 58.5 Å². The predicted octanol–water partition coefficient (Wildman–Crippen LogP) is 3.24. The van der Waals surface area contributed by atoms with Crippen LogP contribution >= 0.6 is 24.0 Å². The molecule has 7 heteroatoms. The van der Waals surface area contributed by atoms with Crippen LogP contribution in [0.4, 0.5) is 0 Å². The maximum Gasteiger partial charge on any atom is 0.189 e. The van der Waals surface area contributed by atoms with Gasteiger partial charge >= 0.3 is 0 Å². The average molecular weight is 454 g/mol. The number of nitrogens with one attached hydrogen (secondary N) is 1. The van der Waals surface area contributed by atoms with Crippen molar-refractivity contribution in [3.8, 4) is 5.82 Å². The van der Waals surface area contributed by atoms with Gasteiger partial charge in [-0.15, -0.1) is 24.0 Å².